The van der Waals surface area contributed by atoms with Gasteiger partial charge < -0.3 is 4.90 Å². The van der Waals surface area contributed by atoms with Crippen molar-refractivity contribution in [3.8, 4) is 0 Å². The lowest BCUT2D eigenvalue weighted by atomic mass is 9.91. The molecule has 0 bridgehead atoms. The third kappa shape index (κ3) is 5.04. The number of fused-ring (bicyclic) bond motifs is 1. The van der Waals surface area contributed by atoms with Gasteiger partial charge in [-0.15, -0.1) is 0 Å². The van der Waals surface area contributed by atoms with Gasteiger partial charge in [0.05, 0.1) is 4.90 Å². The minimum absolute atomic E-state index is 0.0398. The molecular formula is C29H32N2O3S. The average molecular weight is 489 g/mol. The number of sulfonamides is 1. The Bertz CT molecular complexity index is 1300. The lowest BCUT2D eigenvalue weighted by Crippen LogP contribution is -2.39. The maximum absolute atomic E-state index is 13.5. The Labute approximate surface area is 208 Å². The Morgan fingerprint density at radius 3 is 2.34 bits per heavy atom. The van der Waals surface area contributed by atoms with E-state index >= 15 is 0 Å². The van der Waals surface area contributed by atoms with Gasteiger partial charge in [0.1, 0.15) is 0 Å². The van der Waals surface area contributed by atoms with E-state index in [0.29, 0.717) is 36.0 Å². The highest BCUT2D eigenvalue weighted by Crippen LogP contribution is 2.33. The number of aryl methyl sites for hydroxylation is 2. The Hall–Kier alpha value is -2.96. The second-order valence-corrected chi connectivity index (χ2v) is 11.7. The van der Waals surface area contributed by atoms with Crippen LogP contribution in [-0.4, -0.2) is 38.3 Å². The van der Waals surface area contributed by atoms with Crippen LogP contribution in [0.15, 0.2) is 77.7 Å². The molecular weight excluding hydrogens is 456 g/mol. The van der Waals surface area contributed by atoms with Crippen molar-refractivity contribution < 1.29 is 13.2 Å². The van der Waals surface area contributed by atoms with Crippen LogP contribution in [0.4, 0.5) is 5.69 Å². The van der Waals surface area contributed by atoms with Gasteiger partial charge in [0.25, 0.3) is 5.91 Å². The number of hydrogen-bond acceptors (Lipinski definition) is 3. The van der Waals surface area contributed by atoms with E-state index in [1.165, 1.54) is 5.56 Å². The summed E-state index contributed by atoms with van der Waals surface area (Å²) in [6.45, 7) is 3.74. The van der Waals surface area contributed by atoms with E-state index in [2.05, 4.69) is 24.3 Å². The van der Waals surface area contributed by atoms with E-state index in [1.807, 2.05) is 43.3 Å². The summed E-state index contributed by atoms with van der Waals surface area (Å²) in [5.74, 6) is 0.468. The summed E-state index contributed by atoms with van der Waals surface area (Å²) in [6, 6.07) is 23.3. The van der Waals surface area contributed by atoms with Gasteiger partial charge in [0, 0.05) is 30.9 Å². The predicted octanol–water partition coefficient (Wildman–Crippen LogP) is 5.23. The van der Waals surface area contributed by atoms with Gasteiger partial charge in [-0.25, -0.2) is 8.42 Å². The molecule has 5 rings (SSSR count). The van der Waals surface area contributed by atoms with Crippen LogP contribution >= 0.6 is 0 Å². The Morgan fingerprint density at radius 1 is 0.914 bits per heavy atom. The molecule has 0 aliphatic carbocycles. The van der Waals surface area contributed by atoms with Gasteiger partial charge in [0.2, 0.25) is 10.0 Å². The molecule has 1 saturated heterocycles. The molecule has 0 N–H and O–H groups in total. The molecule has 182 valence electrons. The van der Waals surface area contributed by atoms with Crippen LogP contribution in [0.1, 0.15) is 46.3 Å². The largest absolute Gasteiger partial charge is 0.308 e. The minimum Gasteiger partial charge on any atom is -0.308 e. The van der Waals surface area contributed by atoms with Crippen molar-refractivity contribution in [3.05, 3.63) is 95.1 Å². The first-order valence-corrected chi connectivity index (χ1v) is 13.9. The smallest absolute Gasteiger partial charge is 0.258 e. The van der Waals surface area contributed by atoms with Crippen LogP contribution in [0.3, 0.4) is 0 Å². The number of carbonyl (C=O) groups excluding carboxylic acids is 1. The second kappa shape index (κ2) is 9.96. The molecule has 1 amide bonds. The standard InChI is InChI=1S/C29H32N2O3S/c1-22-9-11-25(12-10-22)29(32)31-17-5-8-26-21-27(13-14-28(26)31)35(33,34)30-18-15-24(16-19-30)20-23-6-3-2-4-7-23/h2-4,6-7,9-14,21,24H,5,8,15-20H2,1H3. The highest BCUT2D eigenvalue weighted by atomic mass is 32.2. The molecule has 2 aliphatic rings. The first-order chi connectivity index (χ1) is 16.9. The number of hydrogen-bond donors (Lipinski definition) is 0. The van der Waals surface area contributed by atoms with Gasteiger partial charge in [-0.2, -0.15) is 4.31 Å². The van der Waals surface area contributed by atoms with Gasteiger partial charge in [-0.3, -0.25) is 4.79 Å². The van der Waals surface area contributed by atoms with Crippen molar-refractivity contribution in [2.24, 2.45) is 5.92 Å². The molecule has 0 saturated carbocycles. The molecule has 3 aromatic carbocycles. The molecule has 0 unspecified atom stereocenters. The topological polar surface area (TPSA) is 57.7 Å². The van der Waals surface area contributed by atoms with Gasteiger partial charge in [-0.1, -0.05) is 48.0 Å². The first kappa shape index (κ1) is 23.8. The van der Waals surface area contributed by atoms with Crippen LogP contribution in [-0.2, 0) is 22.9 Å². The first-order valence-electron chi connectivity index (χ1n) is 12.5. The van der Waals surface area contributed by atoms with Gasteiger partial charge >= 0.3 is 0 Å². The summed E-state index contributed by atoms with van der Waals surface area (Å²) >= 11 is 0. The number of nitrogens with zero attached hydrogens (tertiary/aromatic N) is 2. The van der Waals surface area contributed by atoms with Crippen molar-refractivity contribution in [3.63, 3.8) is 0 Å². The molecule has 5 nitrogen and oxygen atoms in total. The maximum atomic E-state index is 13.5. The third-order valence-electron chi connectivity index (χ3n) is 7.29. The Morgan fingerprint density at radius 2 is 1.63 bits per heavy atom. The summed E-state index contributed by atoms with van der Waals surface area (Å²) in [4.78, 5) is 15.3. The van der Waals surface area contributed by atoms with E-state index in [4.69, 9.17) is 0 Å². The van der Waals surface area contributed by atoms with Crippen molar-refractivity contribution in [1.82, 2.24) is 4.31 Å². The van der Waals surface area contributed by atoms with Crippen LogP contribution in [0.25, 0.3) is 0 Å². The van der Waals surface area contributed by atoms with E-state index < -0.39 is 10.0 Å². The van der Waals surface area contributed by atoms with Crippen LogP contribution in [0, 0.1) is 12.8 Å². The molecule has 0 radical (unpaired) electrons. The van der Waals surface area contributed by atoms with Crippen molar-refractivity contribution >= 4 is 21.6 Å². The van der Waals surface area contributed by atoms with Crippen molar-refractivity contribution in [1.29, 1.82) is 0 Å². The lowest BCUT2D eigenvalue weighted by molar-refractivity contribution is 0.0985. The van der Waals surface area contributed by atoms with E-state index in [0.717, 1.165) is 48.9 Å². The number of benzene rings is 3. The molecule has 1 fully saturated rings. The van der Waals surface area contributed by atoms with Gasteiger partial charge in [0.15, 0.2) is 0 Å². The molecule has 35 heavy (non-hydrogen) atoms. The zero-order valence-corrected chi connectivity index (χ0v) is 21.0. The normalized spacial score (nSPS) is 17.2. The number of carbonyl (C=O) groups is 1. The number of amides is 1. The lowest BCUT2D eigenvalue weighted by Gasteiger charge is -2.32. The summed E-state index contributed by atoms with van der Waals surface area (Å²) in [5.41, 5.74) is 4.82. The predicted molar refractivity (Wildman–Crippen MR) is 139 cm³/mol. The molecule has 2 aliphatic heterocycles. The summed E-state index contributed by atoms with van der Waals surface area (Å²) in [6.07, 6.45) is 4.34. The fourth-order valence-corrected chi connectivity index (χ4v) is 6.77. The summed E-state index contributed by atoms with van der Waals surface area (Å²) in [7, 11) is -3.56. The van der Waals surface area contributed by atoms with Gasteiger partial charge in [-0.05, 0) is 86.4 Å². The monoisotopic (exact) mass is 488 g/mol. The van der Waals surface area contributed by atoms with Crippen molar-refractivity contribution in [2.75, 3.05) is 24.5 Å². The second-order valence-electron chi connectivity index (χ2n) is 9.75. The highest BCUT2D eigenvalue weighted by Gasteiger charge is 2.31. The molecule has 6 heteroatoms. The minimum atomic E-state index is -3.56. The molecule has 3 aromatic rings. The van der Waals surface area contributed by atoms with E-state index in [1.54, 1.807) is 21.3 Å². The zero-order chi connectivity index (χ0) is 24.4. The van der Waals surface area contributed by atoms with E-state index in [9.17, 15) is 13.2 Å². The average Bonchev–Trinajstić information content (AvgIpc) is 2.89. The van der Waals surface area contributed by atoms with E-state index in [-0.39, 0.29) is 5.91 Å². The van der Waals surface area contributed by atoms with Crippen LogP contribution in [0.2, 0.25) is 0 Å². The number of anilines is 1. The quantitative estimate of drug-likeness (QED) is 0.494. The van der Waals surface area contributed by atoms with Crippen LogP contribution in [0.5, 0.6) is 0 Å². The fourth-order valence-electron chi connectivity index (χ4n) is 5.25. The molecule has 2 heterocycles. The van der Waals surface area contributed by atoms with Crippen LogP contribution < -0.4 is 4.90 Å². The Balaban J connectivity index is 1.30. The third-order valence-corrected chi connectivity index (χ3v) is 9.19. The maximum Gasteiger partial charge on any atom is 0.258 e. The molecule has 0 aromatic heterocycles. The summed E-state index contributed by atoms with van der Waals surface area (Å²) < 4.78 is 28.5. The fraction of sp³-hybridized carbons (Fsp3) is 0.345. The summed E-state index contributed by atoms with van der Waals surface area (Å²) in [5, 5.41) is 0. The highest BCUT2D eigenvalue weighted by molar-refractivity contribution is 7.89. The number of piperidine rings is 1. The Kier molecular flexibility index (Phi) is 6.76. The SMILES string of the molecule is Cc1ccc(C(=O)N2CCCc3cc(S(=O)(=O)N4CCC(Cc5ccccc5)CC4)ccc32)cc1. The van der Waals surface area contributed by atoms with Crippen molar-refractivity contribution in [2.45, 2.75) is 43.9 Å². The molecule has 0 spiro atoms. The zero-order valence-electron chi connectivity index (χ0n) is 20.2. The molecule has 0 atom stereocenters. The number of rotatable bonds is 5.